The number of fused-ring (bicyclic) bond motifs is 1. The fraction of sp³-hybridized carbons (Fsp3) is 0.643. The largest absolute Gasteiger partial charge is 0.326 e. The van der Waals surface area contributed by atoms with E-state index in [1.807, 2.05) is 6.07 Å². The molecule has 0 spiro atoms. The zero-order valence-electron chi connectivity index (χ0n) is 10.2. The molecule has 1 fully saturated rings. The van der Waals surface area contributed by atoms with E-state index < -0.39 is 0 Å². The van der Waals surface area contributed by atoms with Gasteiger partial charge in [-0.05, 0) is 37.7 Å². The van der Waals surface area contributed by atoms with Crippen LogP contribution >= 0.6 is 0 Å². The third-order valence-electron chi connectivity index (χ3n) is 4.12. The second-order valence-corrected chi connectivity index (χ2v) is 5.35. The average Bonchev–Trinajstić information content (AvgIpc) is 2.82. The van der Waals surface area contributed by atoms with Gasteiger partial charge in [-0.2, -0.15) is 0 Å². The third kappa shape index (κ3) is 2.29. The van der Waals surface area contributed by atoms with E-state index in [1.54, 1.807) is 6.07 Å². The van der Waals surface area contributed by atoms with Crippen LogP contribution in [0.2, 0.25) is 0 Å². The lowest BCUT2D eigenvalue weighted by molar-refractivity contribution is 0.394. The molecule has 3 nitrogen and oxygen atoms in total. The fourth-order valence-corrected chi connectivity index (χ4v) is 3.25. The molecule has 0 aliphatic heterocycles. The molecule has 1 heterocycles. The van der Waals surface area contributed by atoms with Gasteiger partial charge in [-0.3, -0.25) is 4.79 Å². The summed E-state index contributed by atoms with van der Waals surface area (Å²) in [4.78, 5) is 14.3. The summed E-state index contributed by atoms with van der Waals surface area (Å²) in [6.45, 7) is 0. The maximum absolute atomic E-state index is 11.3. The van der Waals surface area contributed by atoms with E-state index in [0.29, 0.717) is 12.1 Å². The summed E-state index contributed by atoms with van der Waals surface area (Å²) < 4.78 is 0. The van der Waals surface area contributed by atoms with Gasteiger partial charge in [0.2, 0.25) is 5.56 Å². The Bertz CT molecular complexity index is 446. The van der Waals surface area contributed by atoms with Crippen LogP contribution in [0.25, 0.3) is 0 Å². The summed E-state index contributed by atoms with van der Waals surface area (Å²) in [5.74, 6) is 0. The zero-order valence-corrected chi connectivity index (χ0v) is 10.2. The molecule has 3 rings (SSSR count). The molecular weight excluding hydrogens is 212 g/mol. The van der Waals surface area contributed by atoms with E-state index in [-0.39, 0.29) is 5.56 Å². The van der Waals surface area contributed by atoms with Gasteiger partial charge in [-0.1, -0.05) is 18.9 Å². The zero-order chi connectivity index (χ0) is 11.7. The normalized spacial score (nSPS) is 24.8. The van der Waals surface area contributed by atoms with Crippen molar-refractivity contribution < 1.29 is 0 Å². The van der Waals surface area contributed by atoms with Gasteiger partial charge in [0.25, 0.3) is 0 Å². The first-order valence-electron chi connectivity index (χ1n) is 6.81. The predicted molar refractivity (Wildman–Crippen MR) is 68.1 cm³/mol. The Kier molecular flexibility index (Phi) is 3.02. The minimum Gasteiger partial charge on any atom is -0.326 e. The Morgan fingerprint density at radius 3 is 2.76 bits per heavy atom. The minimum atomic E-state index is 0.0327. The highest BCUT2D eigenvalue weighted by Gasteiger charge is 2.24. The van der Waals surface area contributed by atoms with Crippen LogP contribution in [-0.4, -0.2) is 11.0 Å². The second kappa shape index (κ2) is 4.65. The standard InChI is InChI=1S/C14H20N2O/c17-14-9-8-11-12(6-3-7-13(11)16-14)15-10-4-1-2-5-10/h8-10,12,15H,1-7H2,(H,16,17). The van der Waals surface area contributed by atoms with E-state index in [2.05, 4.69) is 10.3 Å². The number of pyridine rings is 1. The molecule has 1 saturated carbocycles. The van der Waals surface area contributed by atoms with Crippen LogP contribution in [0.15, 0.2) is 16.9 Å². The maximum Gasteiger partial charge on any atom is 0.248 e. The van der Waals surface area contributed by atoms with Crippen molar-refractivity contribution in [2.24, 2.45) is 0 Å². The van der Waals surface area contributed by atoms with E-state index in [9.17, 15) is 4.79 Å². The van der Waals surface area contributed by atoms with Crippen LogP contribution in [-0.2, 0) is 6.42 Å². The van der Waals surface area contributed by atoms with Gasteiger partial charge in [0.1, 0.15) is 0 Å². The Morgan fingerprint density at radius 2 is 1.94 bits per heavy atom. The molecule has 2 aliphatic carbocycles. The van der Waals surface area contributed by atoms with Crippen molar-refractivity contribution in [3.63, 3.8) is 0 Å². The highest BCUT2D eigenvalue weighted by Crippen LogP contribution is 2.30. The summed E-state index contributed by atoms with van der Waals surface area (Å²) in [5.41, 5.74) is 2.51. The number of nitrogens with one attached hydrogen (secondary N) is 2. The summed E-state index contributed by atoms with van der Waals surface area (Å²) in [6.07, 6.45) is 8.76. The monoisotopic (exact) mass is 232 g/mol. The molecule has 92 valence electrons. The topological polar surface area (TPSA) is 44.9 Å². The van der Waals surface area contributed by atoms with Crippen molar-refractivity contribution in [3.05, 3.63) is 33.7 Å². The number of H-pyrrole nitrogens is 1. The third-order valence-corrected chi connectivity index (χ3v) is 4.12. The van der Waals surface area contributed by atoms with Crippen LogP contribution in [0.3, 0.4) is 0 Å². The lowest BCUT2D eigenvalue weighted by atomic mass is 9.90. The molecule has 3 heteroatoms. The molecule has 0 bridgehead atoms. The summed E-state index contributed by atoms with van der Waals surface area (Å²) in [7, 11) is 0. The number of hydrogen-bond donors (Lipinski definition) is 2. The molecule has 1 atom stereocenters. The summed E-state index contributed by atoms with van der Waals surface area (Å²) in [5, 5.41) is 3.77. The van der Waals surface area contributed by atoms with E-state index in [1.165, 1.54) is 44.1 Å². The Labute approximate surface area is 102 Å². The summed E-state index contributed by atoms with van der Waals surface area (Å²) >= 11 is 0. The Hall–Kier alpha value is -1.09. The Morgan fingerprint density at radius 1 is 1.12 bits per heavy atom. The van der Waals surface area contributed by atoms with E-state index in [4.69, 9.17) is 0 Å². The second-order valence-electron chi connectivity index (χ2n) is 5.35. The Balaban J connectivity index is 1.81. The van der Waals surface area contributed by atoms with Crippen molar-refractivity contribution in [2.45, 2.75) is 57.0 Å². The molecule has 17 heavy (non-hydrogen) atoms. The molecule has 1 aromatic rings. The first-order valence-corrected chi connectivity index (χ1v) is 6.81. The minimum absolute atomic E-state index is 0.0327. The lowest BCUT2D eigenvalue weighted by Crippen LogP contribution is -2.33. The van der Waals surface area contributed by atoms with Crippen molar-refractivity contribution in [2.75, 3.05) is 0 Å². The quantitative estimate of drug-likeness (QED) is 0.821. The SMILES string of the molecule is O=c1ccc2c([nH]1)CCCC2NC1CCCC1. The van der Waals surface area contributed by atoms with Crippen LogP contribution in [0.4, 0.5) is 0 Å². The number of rotatable bonds is 2. The van der Waals surface area contributed by atoms with Crippen molar-refractivity contribution in [1.29, 1.82) is 0 Å². The molecule has 2 aliphatic rings. The van der Waals surface area contributed by atoms with Gasteiger partial charge in [0.05, 0.1) is 0 Å². The smallest absolute Gasteiger partial charge is 0.248 e. The highest BCUT2D eigenvalue weighted by atomic mass is 16.1. The number of aromatic nitrogens is 1. The van der Waals surface area contributed by atoms with Gasteiger partial charge < -0.3 is 10.3 Å². The predicted octanol–water partition coefficient (Wildman–Crippen LogP) is 2.28. The molecule has 0 amide bonds. The van der Waals surface area contributed by atoms with Crippen LogP contribution in [0.5, 0.6) is 0 Å². The molecule has 0 saturated heterocycles. The number of aryl methyl sites for hydroxylation is 1. The van der Waals surface area contributed by atoms with E-state index >= 15 is 0 Å². The maximum atomic E-state index is 11.3. The van der Waals surface area contributed by atoms with E-state index in [0.717, 1.165) is 12.1 Å². The average molecular weight is 232 g/mol. The lowest BCUT2D eigenvalue weighted by Gasteiger charge is -2.28. The van der Waals surface area contributed by atoms with Crippen LogP contribution in [0.1, 0.15) is 55.8 Å². The van der Waals surface area contributed by atoms with Gasteiger partial charge in [-0.15, -0.1) is 0 Å². The molecule has 0 radical (unpaired) electrons. The molecule has 1 aromatic heterocycles. The van der Waals surface area contributed by atoms with Crippen LogP contribution in [0, 0.1) is 0 Å². The van der Waals surface area contributed by atoms with Gasteiger partial charge in [0, 0.05) is 23.8 Å². The van der Waals surface area contributed by atoms with Crippen molar-refractivity contribution >= 4 is 0 Å². The fourth-order valence-electron chi connectivity index (χ4n) is 3.25. The van der Waals surface area contributed by atoms with Gasteiger partial charge >= 0.3 is 0 Å². The van der Waals surface area contributed by atoms with Crippen molar-refractivity contribution in [1.82, 2.24) is 10.3 Å². The highest BCUT2D eigenvalue weighted by molar-refractivity contribution is 5.26. The molecule has 0 aromatic carbocycles. The van der Waals surface area contributed by atoms with Gasteiger partial charge in [0.15, 0.2) is 0 Å². The number of hydrogen-bond acceptors (Lipinski definition) is 2. The van der Waals surface area contributed by atoms with Gasteiger partial charge in [-0.25, -0.2) is 0 Å². The first kappa shape index (κ1) is 11.0. The molecular formula is C14H20N2O. The summed E-state index contributed by atoms with van der Waals surface area (Å²) in [6, 6.07) is 4.82. The number of aromatic amines is 1. The van der Waals surface area contributed by atoms with Crippen LogP contribution < -0.4 is 10.9 Å². The molecule has 2 N–H and O–H groups in total. The first-order chi connectivity index (χ1) is 8.33. The van der Waals surface area contributed by atoms with Crippen molar-refractivity contribution in [3.8, 4) is 0 Å². The molecule has 1 unspecified atom stereocenters.